The molecular formula is C11H12BrN3O2S2. The van der Waals surface area contributed by atoms with Crippen LogP contribution >= 0.6 is 27.3 Å². The summed E-state index contributed by atoms with van der Waals surface area (Å²) in [6, 6.07) is 5.02. The van der Waals surface area contributed by atoms with Gasteiger partial charge in [0.25, 0.3) is 0 Å². The lowest BCUT2D eigenvalue weighted by Crippen LogP contribution is -2.24. The number of sulfonamides is 1. The van der Waals surface area contributed by atoms with Crippen LogP contribution in [0.25, 0.3) is 0 Å². The number of nitrogens with one attached hydrogen (secondary N) is 1. The van der Waals surface area contributed by atoms with E-state index in [0.29, 0.717) is 16.7 Å². The Balaban J connectivity index is 2.23. The van der Waals surface area contributed by atoms with E-state index in [9.17, 15) is 8.42 Å². The van der Waals surface area contributed by atoms with Crippen LogP contribution in [0.5, 0.6) is 0 Å². The van der Waals surface area contributed by atoms with Crippen LogP contribution in [-0.2, 0) is 23.1 Å². The standard InChI is InChI=1S/C11H12BrN3O2S2/c12-10-2-1-8(4-13)3-11(10)19(16,17)15-5-9-6-18-7-14-9/h1-3,6-7,15H,4-5,13H2. The lowest BCUT2D eigenvalue weighted by molar-refractivity contribution is 0.580. The number of benzene rings is 1. The van der Waals surface area contributed by atoms with E-state index in [-0.39, 0.29) is 11.4 Å². The molecule has 5 nitrogen and oxygen atoms in total. The molecule has 2 rings (SSSR count). The summed E-state index contributed by atoms with van der Waals surface area (Å²) in [4.78, 5) is 4.21. The van der Waals surface area contributed by atoms with Gasteiger partial charge in [0.1, 0.15) is 0 Å². The fourth-order valence-electron chi connectivity index (χ4n) is 1.45. The Morgan fingerprint density at radius 3 is 2.84 bits per heavy atom. The number of halogens is 1. The summed E-state index contributed by atoms with van der Waals surface area (Å²) in [7, 11) is -3.59. The molecule has 19 heavy (non-hydrogen) atoms. The van der Waals surface area contributed by atoms with Crippen molar-refractivity contribution in [3.05, 3.63) is 44.8 Å². The van der Waals surface area contributed by atoms with Crippen molar-refractivity contribution in [2.45, 2.75) is 18.0 Å². The first-order chi connectivity index (χ1) is 9.03. The zero-order chi connectivity index (χ0) is 13.9. The minimum atomic E-state index is -3.59. The Hall–Kier alpha value is -0.800. The maximum atomic E-state index is 12.2. The van der Waals surface area contributed by atoms with Crippen molar-refractivity contribution in [3.63, 3.8) is 0 Å². The van der Waals surface area contributed by atoms with Gasteiger partial charge in [-0.1, -0.05) is 6.07 Å². The van der Waals surface area contributed by atoms with E-state index in [1.165, 1.54) is 11.3 Å². The lowest BCUT2D eigenvalue weighted by atomic mass is 10.2. The highest BCUT2D eigenvalue weighted by Gasteiger charge is 2.18. The van der Waals surface area contributed by atoms with E-state index in [4.69, 9.17) is 5.73 Å². The number of hydrogen-bond donors (Lipinski definition) is 2. The zero-order valence-electron chi connectivity index (χ0n) is 9.84. The van der Waals surface area contributed by atoms with Crippen LogP contribution < -0.4 is 10.5 Å². The fourth-order valence-corrected chi connectivity index (χ4v) is 4.02. The highest BCUT2D eigenvalue weighted by molar-refractivity contribution is 9.10. The van der Waals surface area contributed by atoms with Gasteiger partial charge in [-0.05, 0) is 33.6 Å². The first-order valence-electron chi connectivity index (χ1n) is 5.38. The number of thiazole rings is 1. The van der Waals surface area contributed by atoms with Crippen molar-refractivity contribution in [1.82, 2.24) is 9.71 Å². The van der Waals surface area contributed by atoms with E-state index in [0.717, 1.165) is 5.56 Å². The third-order valence-electron chi connectivity index (χ3n) is 2.45. The monoisotopic (exact) mass is 361 g/mol. The molecule has 0 aliphatic rings. The van der Waals surface area contributed by atoms with Crippen LogP contribution in [0.3, 0.4) is 0 Å². The van der Waals surface area contributed by atoms with Crippen LogP contribution in [0.15, 0.2) is 38.5 Å². The highest BCUT2D eigenvalue weighted by Crippen LogP contribution is 2.23. The van der Waals surface area contributed by atoms with Crippen molar-refractivity contribution in [2.24, 2.45) is 5.73 Å². The van der Waals surface area contributed by atoms with E-state index in [2.05, 4.69) is 25.6 Å². The van der Waals surface area contributed by atoms with E-state index in [1.54, 1.807) is 29.1 Å². The molecule has 1 aromatic carbocycles. The fraction of sp³-hybridized carbons (Fsp3) is 0.182. The first kappa shape index (κ1) is 14.6. The lowest BCUT2D eigenvalue weighted by Gasteiger charge is -2.09. The van der Waals surface area contributed by atoms with Crippen LogP contribution in [0.4, 0.5) is 0 Å². The molecule has 0 saturated heterocycles. The van der Waals surface area contributed by atoms with E-state index < -0.39 is 10.0 Å². The average Bonchev–Trinajstić information content (AvgIpc) is 2.90. The van der Waals surface area contributed by atoms with Gasteiger partial charge in [0, 0.05) is 16.4 Å². The predicted octanol–water partition coefficient (Wildman–Crippen LogP) is 1.84. The Kier molecular flexibility index (Phi) is 4.69. The molecule has 0 atom stereocenters. The second kappa shape index (κ2) is 6.10. The first-order valence-corrected chi connectivity index (χ1v) is 8.60. The summed E-state index contributed by atoms with van der Waals surface area (Å²) in [5.41, 5.74) is 8.64. The minimum Gasteiger partial charge on any atom is -0.326 e. The molecule has 1 heterocycles. The number of nitrogens with two attached hydrogens (primary N) is 1. The summed E-state index contributed by atoms with van der Waals surface area (Å²) >= 11 is 4.66. The number of nitrogens with zero attached hydrogens (tertiary/aromatic N) is 1. The molecular weight excluding hydrogens is 350 g/mol. The Labute approximate surface area is 124 Å². The van der Waals surface area contributed by atoms with Gasteiger partial charge in [-0.15, -0.1) is 11.3 Å². The molecule has 1 aromatic heterocycles. The smallest absolute Gasteiger partial charge is 0.242 e. The minimum absolute atomic E-state index is 0.172. The average molecular weight is 362 g/mol. The molecule has 2 aromatic rings. The van der Waals surface area contributed by atoms with Crippen molar-refractivity contribution >= 4 is 37.3 Å². The van der Waals surface area contributed by atoms with Gasteiger partial charge in [0.15, 0.2) is 0 Å². The molecule has 0 fully saturated rings. The molecule has 3 N–H and O–H groups in total. The van der Waals surface area contributed by atoms with Crippen molar-refractivity contribution in [2.75, 3.05) is 0 Å². The van der Waals surface area contributed by atoms with Crippen molar-refractivity contribution in [3.8, 4) is 0 Å². The molecule has 0 spiro atoms. The third kappa shape index (κ3) is 3.61. The number of rotatable bonds is 5. The Bertz CT molecular complexity index is 657. The van der Waals surface area contributed by atoms with E-state index in [1.807, 2.05) is 0 Å². The summed E-state index contributed by atoms with van der Waals surface area (Å²) in [6.45, 7) is 0.465. The Morgan fingerprint density at radius 1 is 1.42 bits per heavy atom. The maximum absolute atomic E-state index is 12.2. The summed E-state index contributed by atoms with van der Waals surface area (Å²) in [5.74, 6) is 0. The molecule has 0 radical (unpaired) electrons. The van der Waals surface area contributed by atoms with Crippen molar-refractivity contribution < 1.29 is 8.42 Å². The summed E-state index contributed by atoms with van der Waals surface area (Å²) in [6.07, 6.45) is 0. The quantitative estimate of drug-likeness (QED) is 0.850. The summed E-state index contributed by atoms with van der Waals surface area (Å²) in [5, 5.41) is 1.80. The van der Waals surface area contributed by atoms with Gasteiger partial charge in [-0.25, -0.2) is 18.1 Å². The SMILES string of the molecule is NCc1ccc(Br)c(S(=O)(=O)NCc2cscn2)c1. The zero-order valence-corrected chi connectivity index (χ0v) is 13.1. The van der Waals surface area contributed by atoms with Crippen molar-refractivity contribution in [1.29, 1.82) is 0 Å². The topological polar surface area (TPSA) is 85.1 Å². The maximum Gasteiger partial charge on any atom is 0.242 e. The largest absolute Gasteiger partial charge is 0.326 e. The van der Waals surface area contributed by atoms with Gasteiger partial charge >= 0.3 is 0 Å². The van der Waals surface area contributed by atoms with Crippen LogP contribution in [-0.4, -0.2) is 13.4 Å². The summed E-state index contributed by atoms with van der Waals surface area (Å²) < 4.78 is 27.4. The van der Waals surface area contributed by atoms with Gasteiger partial charge < -0.3 is 5.73 Å². The van der Waals surface area contributed by atoms with Crippen LogP contribution in [0.1, 0.15) is 11.3 Å². The van der Waals surface area contributed by atoms with Gasteiger partial charge in [0.05, 0.1) is 22.6 Å². The molecule has 8 heteroatoms. The molecule has 0 saturated carbocycles. The molecule has 0 unspecified atom stereocenters. The highest BCUT2D eigenvalue weighted by atomic mass is 79.9. The molecule has 0 aliphatic heterocycles. The van der Waals surface area contributed by atoms with Crippen LogP contribution in [0.2, 0.25) is 0 Å². The Morgan fingerprint density at radius 2 is 2.21 bits per heavy atom. The second-order valence-corrected chi connectivity index (χ2v) is 7.08. The molecule has 0 amide bonds. The third-order valence-corrected chi connectivity index (χ3v) is 5.48. The predicted molar refractivity (Wildman–Crippen MR) is 78.2 cm³/mol. The number of aromatic nitrogens is 1. The second-order valence-electron chi connectivity index (χ2n) is 3.77. The molecule has 102 valence electrons. The van der Waals surface area contributed by atoms with Gasteiger partial charge in [0.2, 0.25) is 10.0 Å². The number of hydrogen-bond acceptors (Lipinski definition) is 5. The molecule has 0 aliphatic carbocycles. The van der Waals surface area contributed by atoms with Gasteiger partial charge in [-0.2, -0.15) is 0 Å². The van der Waals surface area contributed by atoms with E-state index >= 15 is 0 Å². The van der Waals surface area contributed by atoms with Gasteiger partial charge in [-0.3, -0.25) is 0 Å². The van der Waals surface area contributed by atoms with Crippen LogP contribution in [0, 0.1) is 0 Å². The normalized spacial score (nSPS) is 11.7. The molecule has 0 bridgehead atoms.